The Morgan fingerprint density at radius 2 is 2.08 bits per heavy atom. The average molecular weight is 353 g/mol. The Labute approximate surface area is 150 Å². The molecule has 26 heavy (non-hydrogen) atoms. The summed E-state index contributed by atoms with van der Waals surface area (Å²) < 4.78 is 1.92. The Morgan fingerprint density at radius 3 is 2.81 bits per heavy atom. The maximum absolute atomic E-state index is 12.7. The summed E-state index contributed by atoms with van der Waals surface area (Å²) in [4.78, 5) is 46.0. The Morgan fingerprint density at radius 1 is 1.27 bits per heavy atom. The van der Waals surface area contributed by atoms with E-state index in [4.69, 9.17) is 0 Å². The first-order valence-corrected chi connectivity index (χ1v) is 8.28. The number of imidazole rings is 1. The Balaban J connectivity index is 1.67. The molecule has 1 saturated heterocycles. The molecule has 1 aromatic carbocycles. The van der Waals surface area contributed by atoms with Gasteiger partial charge in [-0.1, -0.05) is 18.2 Å². The lowest BCUT2D eigenvalue weighted by Gasteiger charge is -2.29. The lowest BCUT2D eigenvalue weighted by molar-refractivity contribution is -0.131. The minimum atomic E-state index is -1.11. The zero-order valence-electron chi connectivity index (χ0n) is 14.3. The van der Waals surface area contributed by atoms with Crippen molar-refractivity contribution in [2.45, 2.75) is 19.9 Å². The highest BCUT2D eigenvalue weighted by Gasteiger charge is 2.40. The highest BCUT2D eigenvalue weighted by Crippen LogP contribution is 2.23. The number of aliphatic imine (C=N–C) groups is 1. The van der Waals surface area contributed by atoms with E-state index in [0.29, 0.717) is 12.2 Å². The van der Waals surface area contributed by atoms with Crippen molar-refractivity contribution in [1.82, 2.24) is 14.9 Å². The third kappa shape index (κ3) is 3.69. The summed E-state index contributed by atoms with van der Waals surface area (Å²) in [5.41, 5.74) is 1.22. The quantitative estimate of drug-likeness (QED) is 0.484. The lowest BCUT2D eigenvalue weighted by Crippen LogP contribution is -2.58. The molecule has 3 rings (SSSR count). The Bertz CT molecular complexity index is 844. The van der Waals surface area contributed by atoms with Crippen LogP contribution in [0.4, 0.5) is 10.5 Å². The number of aromatic nitrogens is 2. The molecule has 4 amide bonds. The molecule has 0 aliphatic carbocycles. The molecular formula is C18H19N5O3. The summed E-state index contributed by atoms with van der Waals surface area (Å²) in [6.45, 7) is 3.01. The number of aryl methyl sites for hydroxylation is 2. The Kier molecular flexibility index (Phi) is 5.21. The summed E-state index contributed by atoms with van der Waals surface area (Å²) in [6.07, 6.45) is 7.34. The molecule has 1 aliphatic heterocycles. The van der Waals surface area contributed by atoms with Gasteiger partial charge in [0.15, 0.2) is 5.92 Å². The second kappa shape index (κ2) is 7.73. The number of imide groups is 2. The van der Waals surface area contributed by atoms with Crippen molar-refractivity contribution in [1.29, 1.82) is 0 Å². The summed E-state index contributed by atoms with van der Waals surface area (Å²) in [7, 11) is 0. The van der Waals surface area contributed by atoms with E-state index in [0.717, 1.165) is 23.4 Å². The number of nitrogens with zero attached hydrogens (tertiary/aromatic N) is 4. The fraction of sp³-hybridized carbons (Fsp3) is 0.278. The van der Waals surface area contributed by atoms with Gasteiger partial charge < -0.3 is 4.57 Å². The van der Waals surface area contributed by atoms with Crippen molar-refractivity contribution in [3.8, 4) is 0 Å². The topological polar surface area (TPSA) is 96.7 Å². The van der Waals surface area contributed by atoms with Crippen LogP contribution in [0.25, 0.3) is 0 Å². The molecule has 1 aliphatic rings. The SMILES string of the molecule is Cc1ccccc1N1C(=O)NC(=O)[C@@H](C=NCCCn2ccnc2)C1=O. The summed E-state index contributed by atoms with van der Waals surface area (Å²) in [5, 5.41) is 2.22. The van der Waals surface area contributed by atoms with E-state index in [-0.39, 0.29) is 0 Å². The van der Waals surface area contributed by atoms with Gasteiger partial charge in [0.05, 0.1) is 12.0 Å². The number of urea groups is 1. The Hall–Kier alpha value is -3.29. The van der Waals surface area contributed by atoms with Crippen molar-refractivity contribution in [2.24, 2.45) is 10.9 Å². The van der Waals surface area contributed by atoms with Gasteiger partial charge in [-0.2, -0.15) is 0 Å². The van der Waals surface area contributed by atoms with Crippen molar-refractivity contribution in [2.75, 3.05) is 11.4 Å². The standard InChI is InChI=1S/C18H19N5O3/c1-13-5-2-3-6-15(13)23-17(25)14(16(24)21-18(23)26)11-19-7-4-9-22-10-8-20-12-22/h2-3,5-6,8,10-12,14H,4,7,9H2,1H3,(H,21,24,26)/t14-/m1/s1. The second-order valence-electron chi connectivity index (χ2n) is 5.94. The van der Waals surface area contributed by atoms with Crippen molar-refractivity contribution >= 4 is 29.7 Å². The summed E-state index contributed by atoms with van der Waals surface area (Å²) >= 11 is 0. The normalized spacial score (nSPS) is 17.8. The number of hydrogen-bond donors (Lipinski definition) is 1. The molecule has 0 saturated carbocycles. The third-order valence-electron chi connectivity index (χ3n) is 4.08. The van der Waals surface area contributed by atoms with Crippen LogP contribution in [0, 0.1) is 12.8 Å². The van der Waals surface area contributed by atoms with E-state index in [1.807, 2.05) is 16.8 Å². The van der Waals surface area contributed by atoms with Gasteiger partial charge >= 0.3 is 6.03 Å². The fourth-order valence-electron chi connectivity index (χ4n) is 2.71. The first-order chi connectivity index (χ1) is 12.6. The zero-order chi connectivity index (χ0) is 18.5. The number of hydrogen-bond acceptors (Lipinski definition) is 5. The molecule has 8 nitrogen and oxygen atoms in total. The molecule has 1 aromatic heterocycles. The van der Waals surface area contributed by atoms with Crippen molar-refractivity contribution < 1.29 is 14.4 Å². The predicted molar refractivity (Wildman–Crippen MR) is 95.9 cm³/mol. The average Bonchev–Trinajstić information content (AvgIpc) is 3.12. The van der Waals surface area contributed by atoms with Crippen LogP contribution in [-0.2, 0) is 16.1 Å². The number of rotatable bonds is 6. The van der Waals surface area contributed by atoms with Crippen LogP contribution >= 0.6 is 0 Å². The van der Waals surface area contributed by atoms with E-state index < -0.39 is 23.8 Å². The molecule has 0 unspecified atom stereocenters. The predicted octanol–water partition coefficient (Wildman–Crippen LogP) is 1.55. The van der Waals surface area contributed by atoms with E-state index in [1.54, 1.807) is 37.6 Å². The van der Waals surface area contributed by atoms with E-state index in [1.165, 1.54) is 6.21 Å². The molecule has 1 fully saturated rings. The van der Waals surface area contributed by atoms with Crippen molar-refractivity contribution in [3.63, 3.8) is 0 Å². The molecular weight excluding hydrogens is 334 g/mol. The number of amides is 4. The van der Waals surface area contributed by atoms with Gasteiger partial charge in [-0.25, -0.2) is 14.7 Å². The molecule has 2 aromatic rings. The number of barbiturate groups is 1. The van der Waals surface area contributed by atoms with Gasteiger partial charge in [-0.3, -0.25) is 19.9 Å². The monoisotopic (exact) mass is 353 g/mol. The number of para-hydroxylation sites is 1. The number of benzene rings is 1. The minimum Gasteiger partial charge on any atom is -0.337 e. The van der Waals surface area contributed by atoms with Crippen LogP contribution in [-0.4, -0.2) is 40.2 Å². The van der Waals surface area contributed by atoms with Gasteiger partial charge in [-0.15, -0.1) is 0 Å². The van der Waals surface area contributed by atoms with Crippen molar-refractivity contribution in [3.05, 3.63) is 48.5 Å². The highest BCUT2D eigenvalue weighted by atomic mass is 16.2. The second-order valence-corrected chi connectivity index (χ2v) is 5.94. The molecule has 134 valence electrons. The smallest absolute Gasteiger partial charge is 0.335 e. The van der Waals surface area contributed by atoms with Crippen LogP contribution in [0.1, 0.15) is 12.0 Å². The first-order valence-electron chi connectivity index (χ1n) is 8.28. The molecule has 0 bridgehead atoms. The van der Waals surface area contributed by atoms with Crippen LogP contribution in [0.15, 0.2) is 48.0 Å². The van der Waals surface area contributed by atoms with Gasteiger partial charge in [0.2, 0.25) is 5.91 Å². The summed E-state index contributed by atoms with van der Waals surface area (Å²) in [5.74, 6) is -2.35. The third-order valence-corrected chi connectivity index (χ3v) is 4.08. The zero-order valence-corrected chi connectivity index (χ0v) is 14.3. The number of carbonyl (C=O) groups excluding carboxylic acids is 3. The molecule has 1 atom stereocenters. The maximum Gasteiger partial charge on any atom is 0.335 e. The van der Waals surface area contributed by atoms with Crippen LogP contribution < -0.4 is 10.2 Å². The van der Waals surface area contributed by atoms with E-state index >= 15 is 0 Å². The van der Waals surface area contributed by atoms with Gasteiger partial charge in [0, 0.05) is 31.7 Å². The van der Waals surface area contributed by atoms with Gasteiger partial charge in [0.25, 0.3) is 5.91 Å². The molecule has 0 radical (unpaired) electrons. The van der Waals surface area contributed by atoms with E-state index in [2.05, 4.69) is 15.3 Å². The molecule has 1 N–H and O–H groups in total. The number of anilines is 1. The van der Waals surface area contributed by atoms with Crippen LogP contribution in [0.3, 0.4) is 0 Å². The lowest BCUT2D eigenvalue weighted by atomic mass is 10.0. The highest BCUT2D eigenvalue weighted by molar-refractivity contribution is 6.32. The van der Waals surface area contributed by atoms with Crippen LogP contribution in [0.2, 0.25) is 0 Å². The summed E-state index contributed by atoms with van der Waals surface area (Å²) in [6, 6.07) is 6.28. The first kappa shape index (κ1) is 17.5. The number of carbonyl (C=O) groups is 3. The minimum absolute atomic E-state index is 0.459. The van der Waals surface area contributed by atoms with Gasteiger partial charge in [-0.05, 0) is 25.0 Å². The van der Waals surface area contributed by atoms with Gasteiger partial charge in [0.1, 0.15) is 0 Å². The molecule has 0 spiro atoms. The molecule has 2 heterocycles. The largest absolute Gasteiger partial charge is 0.337 e. The number of nitrogens with one attached hydrogen (secondary N) is 1. The van der Waals surface area contributed by atoms with Crippen LogP contribution in [0.5, 0.6) is 0 Å². The fourth-order valence-corrected chi connectivity index (χ4v) is 2.71. The maximum atomic E-state index is 12.7. The molecule has 8 heteroatoms. The van der Waals surface area contributed by atoms with E-state index in [9.17, 15) is 14.4 Å².